The zero-order valence-electron chi connectivity index (χ0n) is 18.3. The van der Waals surface area contributed by atoms with E-state index in [1.807, 2.05) is 31.2 Å². The fourth-order valence-electron chi connectivity index (χ4n) is 4.24. The molecule has 3 rings (SSSR count). The van der Waals surface area contributed by atoms with Crippen LogP contribution in [0.15, 0.2) is 24.3 Å². The molecule has 31 heavy (non-hydrogen) atoms. The van der Waals surface area contributed by atoms with Gasteiger partial charge >= 0.3 is 5.97 Å². The number of thiophene rings is 1. The summed E-state index contributed by atoms with van der Waals surface area (Å²) in [6, 6.07) is 8.00. The molecule has 1 amide bonds. The summed E-state index contributed by atoms with van der Waals surface area (Å²) in [6.07, 6.45) is 2.49. The largest absolute Gasteiger partial charge is 0.550 e. The van der Waals surface area contributed by atoms with Crippen molar-refractivity contribution in [3.05, 3.63) is 40.3 Å². The van der Waals surface area contributed by atoms with Crippen LogP contribution in [-0.2, 0) is 14.3 Å². The molecule has 1 aliphatic carbocycles. The van der Waals surface area contributed by atoms with Gasteiger partial charge < -0.3 is 20.0 Å². The number of carbonyl (C=O) groups is 3. The summed E-state index contributed by atoms with van der Waals surface area (Å²) in [7, 11) is 1.31. The lowest BCUT2D eigenvalue weighted by atomic mass is 9.78. The predicted molar refractivity (Wildman–Crippen MR) is 119 cm³/mol. The molecule has 0 saturated heterocycles. The van der Waals surface area contributed by atoms with E-state index in [-0.39, 0.29) is 5.91 Å². The molecule has 166 valence electrons. The molecule has 0 bridgehead atoms. The molecule has 1 aromatic carbocycles. The van der Waals surface area contributed by atoms with E-state index in [9.17, 15) is 19.5 Å². The number of nitrogens with one attached hydrogen (secondary N) is 1. The van der Waals surface area contributed by atoms with E-state index in [1.165, 1.54) is 24.0 Å². The van der Waals surface area contributed by atoms with E-state index < -0.39 is 23.8 Å². The Bertz CT molecular complexity index is 977. The zero-order chi connectivity index (χ0) is 22.7. The molecule has 0 unspecified atom stereocenters. The third-order valence-corrected chi connectivity index (χ3v) is 7.00. The van der Waals surface area contributed by atoms with Crippen molar-refractivity contribution in [3.63, 3.8) is 0 Å². The molecule has 1 saturated carbocycles. The summed E-state index contributed by atoms with van der Waals surface area (Å²) in [6.45, 7) is 6.12. The first-order valence-corrected chi connectivity index (χ1v) is 11.4. The van der Waals surface area contributed by atoms with Gasteiger partial charge in [0, 0.05) is 28.2 Å². The maximum absolute atomic E-state index is 13.0. The van der Waals surface area contributed by atoms with Crippen LogP contribution >= 0.6 is 11.3 Å². The number of carboxylic acids is 1. The highest BCUT2D eigenvalue weighted by atomic mass is 32.1. The first-order valence-electron chi connectivity index (χ1n) is 10.6. The van der Waals surface area contributed by atoms with Crippen molar-refractivity contribution in [3.8, 4) is 11.1 Å². The number of carbonyl (C=O) groups excluding carboxylic acids is 3. The van der Waals surface area contributed by atoms with Crippen molar-refractivity contribution in [2.45, 2.75) is 52.4 Å². The molecule has 0 aliphatic heterocycles. The molecule has 1 N–H and O–H groups in total. The average molecular weight is 443 g/mol. The van der Waals surface area contributed by atoms with Gasteiger partial charge in [0.05, 0.1) is 7.11 Å². The number of methoxy groups -OCH3 is 1. The van der Waals surface area contributed by atoms with Crippen LogP contribution in [0.25, 0.3) is 11.1 Å². The Morgan fingerprint density at radius 2 is 1.71 bits per heavy atom. The van der Waals surface area contributed by atoms with Crippen LogP contribution in [0, 0.1) is 18.8 Å². The Morgan fingerprint density at radius 3 is 2.26 bits per heavy atom. The molecule has 1 heterocycles. The van der Waals surface area contributed by atoms with Gasteiger partial charge in [-0.15, -0.1) is 11.3 Å². The van der Waals surface area contributed by atoms with E-state index in [2.05, 4.69) is 19.2 Å². The van der Waals surface area contributed by atoms with Crippen LogP contribution < -0.4 is 10.4 Å². The van der Waals surface area contributed by atoms with Crippen molar-refractivity contribution < 1.29 is 24.2 Å². The van der Waals surface area contributed by atoms with Crippen LogP contribution in [0.1, 0.15) is 66.2 Å². The fraction of sp³-hybridized carbons (Fsp3) is 0.458. The van der Waals surface area contributed by atoms with Gasteiger partial charge in [0.15, 0.2) is 0 Å². The number of hydrogen-bond acceptors (Lipinski definition) is 6. The predicted octanol–water partition coefficient (Wildman–Crippen LogP) is 4.13. The monoisotopic (exact) mass is 442 g/mol. The molecule has 1 aromatic heterocycles. The highest BCUT2D eigenvalue weighted by molar-refractivity contribution is 7.17. The smallest absolute Gasteiger partial charge is 0.341 e. The number of amides is 1. The topological polar surface area (TPSA) is 95.5 Å². The third-order valence-electron chi connectivity index (χ3n) is 5.98. The lowest BCUT2D eigenvalue weighted by Crippen LogP contribution is -2.42. The highest BCUT2D eigenvalue weighted by Crippen LogP contribution is 2.41. The Labute approximate surface area is 186 Å². The minimum Gasteiger partial charge on any atom is -0.550 e. The first kappa shape index (κ1) is 23.0. The molecule has 0 radical (unpaired) electrons. The highest BCUT2D eigenvalue weighted by Gasteiger charge is 2.33. The van der Waals surface area contributed by atoms with Crippen LogP contribution in [0.2, 0.25) is 0 Å². The standard InChI is InChI=1S/C24H29NO5S/c1-13(2)15-9-11-16(12-10-15)19-14(3)31-22(20(19)24(29)30-4)25-21(26)17-7-5-6-8-18(17)23(27)28/h9-13,17-18H,5-8H2,1-4H3,(H,25,26)(H,27,28)/p-1/t17-,18+/m1/s1. The van der Waals surface area contributed by atoms with E-state index in [0.29, 0.717) is 29.3 Å². The second-order valence-electron chi connectivity index (χ2n) is 8.31. The number of benzene rings is 1. The van der Waals surface area contributed by atoms with Crippen molar-refractivity contribution in [2.24, 2.45) is 11.8 Å². The molecule has 0 spiro atoms. The second-order valence-corrected chi connectivity index (χ2v) is 9.54. The summed E-state index contributed by atoms with van der Waals surface area (Å²) in [5.41, 5.74) is 3.08. The van der Waals surface area contributed by atoms with Gasteiger partial charge in [-0.2, -0.15) is 0 Å². The number of carboxylic acid groups (broad SMARTS) is 1. The van der Waals surface area contributed by atoms with Crippen molar-refractivity contribution in [1.82, 2.24) is 0 Å². The molecule has 2 atom stereocenters. The quantitative estimate of drug-likeness (QED) is 0.679. The van der Waals surface area contributed by atoms with Gasteiger partial charge in [0.2, 0.25) is 5.91 Å². The summed E-state index contributed by atoms with van der Waals surface area (Å²) in [5, 5.41) is 14.7. The Balaban J connectivity index is 1.97. The maximum Gasteiger partial charge on any atom is 0.341 e. The number of rotatable bonds is 6. The van der Waals surface area contributed by atoms with Gasteiger partial charge in [0.1, 0.15) is 10.6 Å². The van der Waals surface area contributed by atoms with Crippen molar-refractivity contribution in [2.75, 3.05) is 12.4 Å². The number of aliphatic carboxylic acids is 1. The Morgan fingerprint density at radius 1 is 1.10 bits per heavy atom. The minimum absolute atomic E-state index is 0.302. The molecule has 1 fully saturated rings. The van der Waals surface area contributed by atoms with Gasteiger partial charge in [-0.1, -0.05) is 51.0 Å². The number of anilines is 1. The molecular formula is C24H28NO5S-. The van der Waals surface area contributed by atoms with E-state index in [1.54, 1.807) is 0 Å². The molecule has 2 aromatic rings. The zero-order valence-corrected chi connectivity index (χ0v) is 19.1. The first-order chi connectivity index (χ1) is 14.7. The van der Waals surface area contributed by atoms with E-state index >= 15 is 0 Å². The number of ether oxygens (including phenoxy) is 1. The van der Waals surface area contributed by atoms with Gasteiger partial charge in [0.25, 0.3) is 0 Å². The maximum atomic E-state index is 13.0. The van der Waals surface area contributed by atoms with Crippen LogP contribution in [0.4, 0.5) is 5.00 Å². The summed E-state index contributed by atoms with van der Waals surface area (Å²) in [4.78, 5) is 38.0. The second kappa shape index (κ2) is 9.64. The molecule has 6 nitrogen and oxygen atoms in total. The molecule has 1 aliphatic rings. The van der Waals surface area contributed by atoms with Gasteiger partial charge in [-0.3, -0.25) is 4.79 Å². The van der Waals surface area contributed by atoms with Crippen LogP contribution in [0.3, 0.4) is 0 Å². The summed E-state index contributed by atoms with van der Waals surface area (Å²) >= 11 is 1.30. The summed E-state index contributed by atoms with van der Waals surface area (Å²) < 4.78 is 5.01. The fourth-order valence-corrected chi connectivity index (χ4v) is 5.31. The number of esters is 1. The van der Waals surface area contributed by atoms with Crippen LogP contribution in [0.5, 0.6) is 0 Å². The van der Waals surface area contributed by atoms with E-state index in [4.69, 9.17) is 4.74 Å². The molecule has 7 heteroatoms. The average Bonchev–Trinajstić information content (AvgIpc) is 3.08. The lowest BCUT2D eigenvalue weighted by molar-refractivity contribution is -0.313. The normalized spacial score (nSPS) is 18.6. The minimum atomic E-state index is -1.19. The van der Waals surface area contributed by atoms with Crippen molar-refractivity contribution in [1.29, 1.82) is 0 Å². The van der Waals surface area contributed by atoms with Crippen molar-refractivity contribution >= 4 is 34.2 Å². The van der Waals surface area contributed by atoms with Gasteiger partial charge in [-0.05, 0) is 36.8 Å². The van der Waals surface area contributed by atoms with Gasteiger partial charge in [-0.25, -0.2) is 4.79 Å². The lowest BCUT2D eigenvalue weighted by Gasteiger charge is -2.31. The SMILES string of the molecule is COC(=O)c1c(NC(=O)[C@@H]2CCCC[C@@H]2C(=O)[O-])sc(C)c1-c1ccc(C(C)C)cc1. The molecular weight excluding hydrogens is 414 g/mol. The Kier molecular flexibility index (Phi) is 7.15. The van der Waals surface area contributed by atoms with Crippen LogP contribution in [-0.4, -0.2) is 25.0 Å². The van der Waals surface area contributed by atoms with E-state index in [0.717, 1.165) is 28.8 Å². The Hall–Kier alpha value is -2.67. The third kappa shape index (κ3) is 4.82. The number of aryl methyl sites for hydroxylation is 1. The number of hydrogen-bond donors (Lipinski definition) is 1. The summed E-state index contributed by atoms with van der Waals surface area (Å²) in [5.74, 6) is -3.20.